The van der Waals surface area contributed by atoms with E-state index in [-0.39, 0.29) is 11.6 Å². The van der Waals surface area contributed by atoms with Crippen molar-refractivity contribution in [1.29, 1.82) is 0 Å². The van der Waals surface area contributed by atoms with Gasteiger partial charge in [-0.25, -0.2) is 0 Å². The standard InChI is InChI=1S/C14H21NO2/c1-3-14(2,15)10-16-9-12-8-11-6-4-5-7-13(11)17-12/h4-7,12H,3,8-10,15H2,1-2H3. The molecule has 2 unspecified atom stereocenters. The molecule has 1 heterocycles. The number of fused-ring (bicyclic) bond motifs is 1. The van der Waals surface area contributed by atoms with Crippen LogP contribution >= 0.6 is 0 Å². The van der Waals surface area contributed by atoms with Gasteiger partial charge in [0.15, 0.2) is 0 Å². The van der Waals surface area contributed by atoms with Crippen LogP contribution < -0.4 is 10.5 Å². The van der Waals surface area contributed by atoms with Crippen LogP contribution in [-0.4, -0.2) is 24.9 Å². The summed E-state index contributed by atoms with van der Waals surface area (Å²) < 4.78 is 11.4. The van der Waals surface area contributed by atoms with E-state index in [0.717, 1.165) is 18.6 Å². The van der Waals surface area contributed by atoms with Crippen molar-refractivity contribution in [3.63, 3.8) is 0 Å². The summed E-state index contributed by atoms with van der Waals surface area (Å²) in [6.45, 7) is 5.28. The Morgan fingerprint density at radius 3 is 2.94 bits per heavy atom. The van der Waals surface area contributed by atoms with Gasteiger partial charge < -0.3 is 15.2 Å². The van der Waals surface area contributed by atoms with Crippen molar-refractivity contribution in [2.24, 2.45) is 5.73 Å². The van der Waals surface area contributed by atoms with E-state index < -0.39 is 0 Å². The highest BCUT2D eigenvalue weighted by Crippen LogP contribution is 2.28. The summed E-state index contributed by atoms with van der Waals surface area (Å²) in [6.07, 6.45) is 1.99. The molecule has 0 amide bonds. The van der Waals surface area contributed by atoms with Crippen LogP contribution in [0.15, 0.2) is 24.3 Å². The van der Waals surface area contributed by atoms with E-state index in [4.69, 9.17) is 15.2 Å². The van der Waals surface area contributed by atoms with E-state index in [0.29, 0.717) is 13.2 Å². The zero-order valence-corrected chi connectivity index (χ0v) is 10.6. The average Bonchev–Trinajstić information content (AvgIpc) is 2.71. The van der Waals surface area contributed by atoms with E-state index in [1.807, 2.05) is 25.1 Å². The Balaban J connectivity index is 1.77. The van der Waals surface area contributed by atoms with Gasteiger partial charge >= 0.3 is 0 Å². The smallest absolute Gasteiger partial charge is 0.126 e. The van der Waals surface area contributed by atoms with E-state index in [1.54, 1.807) is 0 Å². The number of nitrogens with two attached hydrogens (primary N) is 1. The van der Waals surface area contributed by atoms with Crippen molar-refractivity contribution in [3.05, 3.63) is 29.8 Å². The molecule has 3 heteroatoms. The zero-order chi connectivity index (χ0) is 12.3. The van der Waals surface area contributed by atoms with Crippen LogP contribution in [0.4, 0.5) is 0 Å². The molecule has 1 aliphatic heterocycles. The third-order valence-electron chi connectivity index (χ3n) is 3.26. The topological polar surface area (TPSA) is 44.5 Å². The maximum atomic E-state index is 6.02. The summed E-state index contributed by atoms with van der Waals surface area (Å²) in [5.74, 6) is 0.993. The van der Waals surface area contributed by atoms with Crippen LogP contribution in [0.25, 0.3) is 0 Å². The van der Waals surface area contributed by atoms with Gasteiger partial charge in [0, 0.05) is 12.0 Å². The molecule has 0 saturated carbocycles. The normalized spacial score (nSPS) is 21.7. The highest BCUT2D eigenvalue weighted by molar-refractivity contribution is 5.37. The molecule has 0 aliphatic carbocycles. The Bertz CT molecular complexity index is 351. The largest absolute Gasteiger partial charge is 0.487 e. The van der Waals surface area contributed by atoms with Crippen molar-refractivity contribution in [2.45, 2.75) is 38.3 Å². The molecule has 0 bridgehead atoms. The summed E-state index contributed by atoms with van der Waals surface area (Å²) in [5, 5.41) is 0. The number of benzene rings is 1. The van der Waals surface area contributed by atoms with Gasteiger partial charge in [-0.2, -0.15) is 0 Å². The number of ether oxygens (including phenoxy) is 2. The van der Waals surface area contributed by atoms with E-state index in [9.17, 15) is 0 Å². The fourth-order valence-electron chi connectivity index (χ4n) is 1.87. The molecule has 3 nitrogen and oxygen atoms in total. The van der Waals surface area contributed by atoms with Crippen LogP contribution in [-0.2, 0) is 11.2 Å². The van der Waals surface area contributed by atoms with Crippen LogP contribution in [0.3, 0.4) is 0 Å². The van der Waals surface area contributed by atoms with Gasteiger partial charge in [0.2, 0.25) is 0 Å². The van der Waals surface area contributed by atoms with Gasteiger partial charge in [-0.1, -0.05) is 25.1 Å². The lowest BCUT2D eigenvalue weighted by Gasteiger charge is -2.23. The Labute approximate surface area is 103 Å². The van der Waals surface area contributed by atoms with Crippen LogP contribution in [0.1, 0.15) is 25.8 Å². The molecular weight excluding hydrogens is 214 g/mol. The number of hydrogen-bond acceptors (Lipinski definition) is 3. The Kier molecular flexibility index (Phi) is 3.69. The third kappa shape index (κ3) is 3.20. The minimum absolute atomic E-state index is 0.139. The lowest BCUT2D eigenvalue weighted by atomic mass is 10.0. The second-order valence-corrected chi connectivity index (χ2v) is 5.07. The molecule has 2 rings (SSSR count). The molecule has 0 radical (unpaired) electrons. The van der Waals surface area contributed by atoms with Crippen molar-refractivity contribution in [3.8, 4) is 5.75 Å². The van der Waals surface area contributed by atoms with Crippen LogP contribution in [0, 0.1) is 0 Å². The molecule has 0 aromatic heterocycles. The average molecular weight is 235 g/mol. The highest BCUT2D eigenvalue weighted by atomic mass is 16.5. The fourth-order valence-corrected chi connectivity index (χ4v) is 1.87. The van der Waals surface area contributed by atoms with Crippen molar-refractivity contribution in [1.82, 2.24) is 0 Å². The van der Waals surface area contributed by atoms with Gasteiger partial charge in [-0.15, -0.1) is 0 Å². The van der Waals surface area contributed by atoms with E-state index in [2.05, 4.69) is 13.0 Å². The summed E-state index contributed by atoms with van der Waals surface area (Å²) in [4.78, 5) is 0. The van der Waals surface area contributed by atoms with Crippen molar-refractivity contribution >= 4 is 0 Å². The summed E-state index contributed by atoms with van der Waals surface area (Å²) in [7, 11) is 0. The highest BCUT2D eigenvalue weighted by Gasteiger charge is 2.23. The molecule has 94 valence electrons. The lowest BCUT2D eigenvalue weighted by Crippen LogP contribution is -2.41. The Morgan fingerprint density at radius 2 is 2.24 bits per heavy atom. The first-order chi connectivity index (χ1) is 8.11. The first-order valence-corrected chi connectivity index (χ1v) is 6.22. The van der Waals surface area contributed by atoms with Gasteiger partial charge in [0.1, 0.15) is 11.9 Å². The van der Waals surface area contributed by atoms with E-state index in [1.165, 1.54) is 5.56 Å². The molecule has 0 fully saturated rings. The van der Waals surface area contributed by atoms with Crippen molar-refractivity contribution in [2.75, 3.05) is 13.2 Å². The lowest BCUT2D eigenvalue weighted by molar-refractivity contribution is 0.0357. The number of rotatable bonds is 5. The predicted octanol–water partition coefficient (Wildman–Crippen LogP) is 2.13. The third-order valence-corrected chi connectivity index (χ3v) is 3.26. The molecule has 1 aromatic rings. The van der Waals surface area contributed by atoms with Gasteiger partial charge in [0.25, 0.3) is 0 Å². The summed E-state index contributed by atoms with van der Waals surface area (Å²) in [6, 6.07) is 8.15. The van der Waals surface area contributed by atoms with Crippen LogP contribution in [0.2, 0.25) is 0 Å². The number of para-hydroxylation sites is 1. The van der Waals surface area contributed by atoms with Gasteiger partial charge in [0.05, 0.1) is 13.2 Å². The number of hydrogen-bond donors (Lipinski definition) is 1. The van der Waals surface area contributed by atoms with Crippen molar-refractivity contribution < 1.29 is 9.47 Å². The predicted molar refractivity (Wildman–Crippen MR) is 68.3 cm³/mol. The maximum Gasteiger partial charge on any atom is 0.126 e. The second kappa shape index (κ2) is 5.07. The minimum atomic E-state index is -0.231. The van der Waals surface area contributed by atoms with Gasteiger partial charge in [-0.05, 0) is 25.0 Å². The fraction of sp³-hybridized carbons (Fsp3) is 0.571. The Hall–Kier alpha value is -1.06. The summed E-state index contributed by atoms with van der Waals surface area (Å²) in [5.41, 5.74) is 7.06. The summed E-state index contributed by atoms with van der Waals surface area (Å²) >= 11 is 0. The molecule has 17 heavy (non-hydrogen) atoms. The molecule has 1 aliphatic rings. The maximum absolute atomic E-state index is 6.02. The molecule has 0 saturated heterocycles. The minimum Gasteiger partial charge on any atom is -0.487 e. The van der Waals surface area contributed by atoms with Gasteiger partial charge in [-0.3, -0.25) is 0 Å². The quantitative estimate of drug-likeness (QED) is 0.850. The first kappa shape index (κ1) is 12.4. The second-order valence-electron chi connectivity index (χ2n) is 5.07. The SMILES string of the molecule is CCC(C)(N)COCC1Cc2ccccc2O1. The van der Waals surface area contributed by atoms with Crippen LogP contribution in [0.5, 0.6) is 5.75 Å². The zero-order valence-electron chi connectivity index (χ0n) is 10.6. The molecule has 2 N–H and O–H groups in total. The molecule has 1 aromatic carbocycles. The van der Waals surface area contributed by atoms with E-state index >= 15 is 0 Å². The Morgan fingerprint density at radius 1 is 1.47 bits per heavy atom. The monoisotopic (exact) mass is 235 g/mol. The molecule has 0 spiro atoms. The first-order valence-electron chi connectivity index (χ1n) is 6.22. The molecular formula is C14H21NO2. The molecule has 2 atom stereocenters.